The first-order valence-corrected chi connectivity index (χ1v) is 17.0. The number of aromatic nitrogens is 3. The van der Waals surface area contributed by atoms with E-state index in [2.05, 4.69) is 129 Å². The van der Waals surface area contributed by atoms with E-state index in [0.29, 0.717) is 17.5 Å². The highest BCUT2D eigenvalue weighted by molar-refractivity contribution is 6.09. The van der Waals surface area contributed by atoms with E-state index in [1.165, 1.54) is 38.6 Å². The van der Waals surface area contributed by atoms with Crippen molar-refractivity contribution in [2.45, 2.75) is 19.3 Å². The van der Waals surface area contributed by atoms with Gasteiger partial charge in [0.05, 0.1) is 0 Å². The molecule has 2 heterocycles. The van der Waals surface area contributed by atoms with Crippen LogP contribution in [0.15, 0.2) is 156 Å². The highest BCUT2D eigenvalue weighted by Gasteiger charge is 2.39. The molecule has 50 heavy (non-hydrogen) atoms. The van der Waals surface area contributed by atoms with E-state index in [4.69, 9.17) is 19.4 Å². The predicted molar refractivity (Wildman–Crippen MR) is 204 cm³/mol. The number of rotatable bonds is 4. The molecule has 0 radical (unpaired) electrons. The van der Waals surface area contributed by atoms with Gasteiger partial charge < -0.3 is 4.42 Å². The molecule has 1 aliphatic carbocycles. The van der Waals surface area contributed by atoms with Crippen molar-refractivity contribution >= 4 is 32.7 Å². The van der Waals surface area contributed by atoms with Crippen molar-refractivity contribution in [3.8, 4) is 56.4 Å². The Bertz CT molecular complexity index is 2780. The van der Waals surface area contributed by atoms with E-state index in [-0.39, 0.29) is 5.41 Å². The number of fused-ring (bicyclic) bond motifs is 8. The summed E-state index contributed by atoms with van der Waals surface area (Å²) in [5.41, 5.74) is 11.7. The predicted octanol–water partition coefficient (Wildman–Crippen LogP) is 11.9. The van der Waals surface area contributed by atoms with Gasteiger partial charge >= 0.3 is 0 Å². The highest BCUT2D eigenvalue weighted by Crippen LogP contribution is 2.53. The fourth-order valence-electron chi connectivity index (χ4n) is 7.73. The maximum Gasteiger partial charge on any atom is 0.164 e. The summed E-state index contributed by atoms with van der Waals surface area (Å²) in [6, 6.07) is 53.1. The van der Waals surface area contributed by atoms with Crippen molar-refractivity contribution in [2.75, 3.05) is 0 Å². The van der Waals surface area contributed by atoms with Gasteiger partial charge in [0.15, 0.2) is 17.5 Å². The Balaban J connectivity index is 1.08. The van der Waals surface area contributed by atoms with Crippen LogP contribution in [0.5, 0.6) is 0 Å². The van der Waals surface area contributed by atoms with Gasteiger partial charge in [0.25, 0.3) is 0 Å². The molecule has 0 atom stereocenters. The van der Waals surface area contributed by atoms with Crippen LogP contribution < -0.4 is 0 Å². The van der Waals surface area contributed by atoms with Crippen LogP contribution in [0.3, 0.4) is 0 Å². The fraction of sp³-hybridized carbons (Fsp3) is 0.0652. The van der Waals surface area contributed by atoms with Crippen molar-refractivity contribution in [1.82, 2.24) is 15.0 Å². The summed E-state index contributed by atoms with van der Waals surface area (Å²) in [5.74, 6) is 1.94. The second kappa shape index (κ2) is 10.8. The van der Waals surface area contributed by atoms with Crippen molar-refractivity contribution in [2.24, 2.45) is 0 Å². The van der Waals surface area contributed by atoms with Crippen LogP contribution in [0, 0.1) is 0 Å². The summed E-state index contributed by atoms with van der Waals surface area (Å²) in [5, 5.41) is 4.77. The molecule has 0 bridgehead atoms. The third-order valence-electron chi connectivity index (χ3n) is 10.3. The minimum absolute atomic E-state index is 0.287. The highest BCUT2D eigenvalue weighted by atomic mass is 16.3. The number of hydrogen-bond donors (Lipinski definition) is 0. The zero-order valence-corrected chi connectivity index (χ0v) is 27.7. The number of furan rings is 1. The molecule has 0 amide bonds. The topological polar surface area (TPSA) is 51.8 Å². The first-order chi connectivity index (χ1) is 24.5. The largest absolute Gasteiger partial charge is 0.456 e. The molecule has 0 N–H and O–H groups in total. The van der Waals surface area contributed by atoms with E-state index in [1.807, 2.05) is 36.4 Å². The Labute approximate surface area is 289 Å². The molecule has 7 aromatic carbocycles. The van der Waals surface area contributed by atoms with Crippen molar-refractivity contribution in [1.29, 1.82) is 0 Å². The molecular formula is C46H31N3O. The monoisotopic (exact) mass is 641 g/mol. The van der Waals surface area contributed by atoms with Crippen molar-refractivity contribution < 1.29 is 4.42 Å². The van der Waals surface area contributed by atoms with Gasteiger partial charge in [-0.1, -0.05) is 141 Å². The molecule has 1 aliphatic rings. The maximum absolute atomic E-state index is 6.53. The number of benzene rings is 7. The summed E-state index contributed by atoms with van der Waals surface area (Å²) in [7, 11) is 0. The zero-order valence-electron chi connectivity index (χ0n) is 27.7. The van der Waals surface area contributed by atoms with Gasteiger partial charge in [-0.05, 0) is 62.9 Å². The number of nitrogens with zero attached hydrogens (tertiary/aromatic N) is 3. The first kappa shape index (κ1) is 28.6. The first-order valence-electron chi connectivity index (χ1n) is 17.0. The van der Waals surface area contributed by atoms with Crippen LogP contribution in [0.4, 0.5) is 0 Å². The average molecular weight is 642 g/mol. The lowest BCUT2D eigenvalue weighted by atomic mass is 9.81. The minimum Gasteiger partial charge on any atom is -0.456 e. The molecule has 4 nitrogen and oxygen atoms in total. The summed E-state index contributed by atoms with van der Waals surface area (Å²) >= 11 is 0. The number of para-hydroxylation sites is 1. The van der Waals surface area contributed by atoms with E-state index >= 15 is 0 Å². The Hall–Kier alpha value is -6.39. The van der Waals surface area contributed by atoms with E-state index in [9.17, 15) is 0 Å². The van der Waals surface area contributed by atoms with Gasteiger partial charge in [-0.15, -0.1) is 0 Å². The lowest BCUT2D eigenvalue weighted by Gasteiger charge is -2.22. The average Bonchev–Trinajstić information content (AvgIpc) is 3.66. The van der Waals surface area contributed by atoms with Crippen LogP contribution in [-0.2, 0) is 5.41 Å². The molecule has 10 rings (SSSR count). The van der Waals surface area contributed by atoms with Crippen LogP contribution in [-0.4, -0.2) is 15.0 Å². The lowest BCUT2D eigenvalue weighted by molar-refractivity contribution is 0.620. The maximum atomic E-state index is 6.53. The van der Waals surface area contributed by atoms with Gasteiger partial charge in [0, 0.05) is 38.4 Å². The molecule has 2 aromatic heterocycles. The molecule has 0 saturated carbocycles. The standard InChI is InChI=1S/C46H31N3O/c1-46(2)39-27-34(22-23-35(39)37-24-25-38-36-14-8-9-15-40(36)50-42(38)41(37)46)45-48-43(30-11-4-3-5-12-30)47-44(49-45)31-19-16-29(17-20-31)33-21-18-28-10-6-7-13-32(28)26-33/h3-27H,1-2H3. The van der Waals surface area contributed by atoms with E-state index in [1.54, 1.807) is 0 Å². The molecule has 236 valence electrons. The molecule has 4 heteroatoms. The molecule has 0 fully saturated rings. The minimum atomic E-state index is -0.287. The fourth-order valence-corrected chi connectivity index (χ4v) is 7.73. The second-order valence-electron chi connectivity index (χ2n) is 13.7. The normalized spacial score (nSPS) is 13.2. The van der Waals surface area contributed by atoms with Gasteiger partial charge in [-0.25, -0.2) is 15.0 Å². The summed E-state index contributed by atoms with van der Waals surface area (Å²) in [6.45, 7) is 4.58. The molecular weight excluding hydrogens is 611 g/mol. The smallest absolute Gasteiger partial charge is 0.164 e. The Morgan fingerprint density at radius 1 is 0.440 bits per heavy atom. The molecule has 0 saturated heterocycles. The quantitative estimate of drug-likeness (QED) is 0.192. The van der Waals surface area contributed by atoms with Gasteiger partial charge in [0.1, 0.15) is 11.2 Å². The van der Waals surface area contributed by atoms with Gasteiger partial charge in [0.2, 0.25) is 0 Å². The van der Waals surface area contributed by atoms with Crippen LogP contribution >= 0.6 is 0 Å². The SMILES string of the molecule is CC1(C)c2cc(-c3nc(-c4ccccc4)nc(-c4ccc(-c5ccc6ccccc6c5)cc4)n3)ccc2-c2ccc3c(oc4ccccc43)c21. The van der Waals surface area contributed by atoms with Crippen LogP contribution in [0.25, 0.3) is 89.1 Å². The molecule has 9 aromatic rings. The Kier molecular flexibility index (Phi) is 6.19. The summed E-state index contributed by atoms with van der Waals surface area (Å²) in [6.07, 6.45) is 0. The van der Waals surface area contributed by atoms with Crippen LogP contribution in [0.2, 0.25) is 0 Å². The van der Waals surface area contributed by atoms with Crippen LogP contribution in [0.1, 0.15) is 25.0 Å². The lowest BCUT2D eigenvalue weighted by Crippen LogP contribution is -2.15. The van der Waals surface area contributed by atoms with E-state index in [0.717, 1.165) is 44.2 Å². The molecule has 0 aliphatic heterocycles. The van der Waals surface area contributed by atoms with Crippen molar-refractivity contribution in [3.63, 3.8) is 0 Å². The summed E-state index contributed by atoms with van der Waals surface area (Å²) in [4.78, 5) is 15.2. The Morgan fingerprint density at radius 2 is 1.04 bits per heavy atom. The Morgan fingerprint density at radius 3 is 1.84 bits per heavy atom. The van der Waals surface area contributed by atoms with E-state index < -0.39 is 0 Å². The van der Waals surface area contributed by atoms with Gasteiger partial charge in [-0.3, -0.25) is 0 Å². The molecule has 0 spiro atoms. The zero-order chi connectivity index (χ0) is 33.4. The second-order valence-corrected chi connectivity index (χ2v) is 13.7. The van der Waals surface area contributed by atoms with Crippen molar-refractivity contribution in [3.05, 3.63) is 163 Å². The summed E-state index contributed by atoms with van der Waals surface area (Å²) < 4.78 is 6.53. The van der Waals surface area contributed by atoms with Gasteiger partial charge in [-0.2, -0.15) is 0 Å². The third-order valence-corrected chi connectivity index (χ3v) is 10.3. The third kappa shape index (κ3) is 4.42. The number of hydrogen-bond acceptors (Lipinski definition) is 4. The molecule has 0 unspecified atom stereocenters.